The van der Waals surface area contributed by atoms with Gasteiger partial charge in [0.2, 0.25) is 0 Å². The van der Waals surface area contributed by atoms with Gasteiger partial charge in [-0.05, 0) is 82.9 Å². The number of hydrogen-bond donors (Lipinski definition) is 0. The summed E-state index contributed by atoms with van der Waals surface area (Å²) in [6.45, 7) is 14.5. The minimum atomic E-state index is -0.410. The third-order valence-electron chi connectivity index (χ3n) is 8.32. The maximum absolute atomic E-state index is 14.2. The van der Waals surface area contributed by atoms with Crippen molar-refractivity contribution in [1.29, 1.82) is 0 Å². The van der Waals surface area contributed by atoms with Gasteiger partial charge in [0.05, 0.1) is 16.8 Å². The summed E-state index contributed by atoms with van der Waals surface area (Å²) in [4.78, 5) is 30.7. The van der Waals surface area contributed by atoms with Crippen molar-refractivity contribution in [3.63, 3.8) is 0 Å². The standard InChI is InChI=1S/C35H42INO4/c1-7-14-41-33-24(36)15-23(16-29(33)40-8-2)30-31-25(17-34(3,4)19-27(31)38)37(21-22-12-10-9-11-13-22)26-18-35(5,6)20-28(39)32(26)30/h9-13,15-16,30H,7-8,14,17-21H2,1-6H3. The van der Waals surface area contributed by atoms with Gasteiger partial charge < -0.3 is 14.4 Å². The topological polar surface area (TPSA) is 55.8 Å². The fraction of sp³-hybridized carbons (Fsp3) is 0.486. The van der Waals surface area contributed by atoms with Crippen molar-refractivity contribution < 1.29 is 19.1 Å². The third kappa shape index (κ3) is 5.99. The number of rotatable bonds is 8. The van der Waals surface area contributed by atoms with E-state index in [2.05, 4.69) is 92.4 Å². The Kier molecular flexibility index (Phi) is 8.44. The molecule has 0 N–H and O–H groups in total. The second kappa shape index (κ2) is 11.6. The maximum Gasteiger partial charge on any atom is 0.174 e. The van der Waals surface area contributed by atoms with Crippen LogP contribution in [0, 0.1) is 14.4 Å². The van der Waals surface area contributed by atoms with Gasteiger partial charge in [-0.2, -0.15) is 0 Å². The molecule has 218 valence electrons. The molecular formula is C35H42INO4. The van der Waals surface area contributed by atoms with E-state index in [1.165, 1.54) is 5.56 Å². The number of hydrogen-bond acceptors (Lipinski definition) is 5. The molecule has 0 aromatic heterocycles. The van der Waals surface area contributed by atoms with Crippen LogP contribution in [0.15, 0.2) is 65.0 Å². The molecule has 3 aliphatic rings. The Hall–Kier alpha value is -2.61. The van der Waals surface area contributed by atoms with Gasteiger partial charge in [-0.15, -0.1) is 0 Å². The van der Waals surface area contributed by atoms with Crippen LogP contribution < -0.4 is 9.47 Å². The molecule has 2 aliphatic carbocycles. The van der Waals surface area contributed by atoms with Gasteiger partial charge >= 0.3 is 0 Å². The number of carbonyl (C=O) groups is 2. The number of ketones is 2. The lowest BCUT2D eigenvalue weighted by atomic mass is 9.63. The Bertz CT molecular complexity index is 1370. The van der Waals surface area contributed by atoms with E-state index in [-0.39, 0.29) is 22.4 Å². The highest BCUT2D eigenvalue weighted by atomic mass is 127. The van der Waals surface area contributed by atoms with Gasteiger partial charge in [0.15, 0.2) is 23.1 Å². The average molecular weight is 668 g/mol. The molecule has 41 heavy (non-hydrogen) atoms. The molecule has 0 saturated heterocycles. The summed E-state index contributed by atoms with van der Waals surface area (Å²) in [7, 11) is 0. The SMILES string of the molecule is CCCOc1c(I)cc(C2C3=C(CC(C)(C)CC3=O)N(Cc3ccccc3)C3=C2C(=O)CC(C)(C)C3)cc1OCC. The van der Waals surface area contributed by atoms with E-state index in [9.17, 15) is 9.59 Å². The third-order valence-corrected chi connectivity index (χ3v) is 9.12. The normalized spacial score (nSPS) is 20.2. The molecule has 2 aromatic rings. The maximum atomic E-state index is 14.2. The van der Waals surface area contributed by atoms with Gasteiger partial charge in [0.1, 0.15) is 0 Å². The molecule has 0 atom stereocenters. The van der Waals surface area contributed by atoms with Crippen LogP contribution in [0.1, 0.15) is 90.7 Å². The summed E-state index contributed by atoms with van der Waals surface area (Å²) in [5, 5.41) is 0. The number of carbonyl (C=O) groups excluding carboxylic acids is 2. The minimum absolute atomic E-state index is 0.141. The van der Waals surface area contributed by atoms with Crippen molar-refractivity contribution in [1.82, 2.24) is 4.90 Å². The van der Waals surface area contributed by atoms with Gasteiger partial charge in [-0.3, -0.25) is 9.59 Å². The number of ether oxygens (including phenoxy) is 2. The van der Waals surface area contributed by atoms with E-state index in [1.54, 1.807) is 0 Å². The summed E-state index contributed by atoms with van der Waals surface area (Å²) in [6, 6.07) is 14.5. The molecule has 1 aliphatic heterocycles. The van der Waals surface area contributed by atoms with Crippen molar-refractivity contribution in [2.24, 2.45) is 10.8 Å². The van der Waals surface area contributed by atoms with E-state index < -0.39 is 5.92 Å². The first-order chi connectivity index (χ1) is 19.4. The highest BCUT2D eigenvalue weighted by Crippen LogP contribution is 2.55. The van der Waals surface area contributed by atoms with Crippen molar-refractivity contribution in [3.8, 4) is 11.5 Å². The van der Waals surface area contributed by atoms with Gasteiger partial charge in [-0.1, -0.05) is 65.0 Å². The van der Waals surface area contributed by atoms with Crippen LogP contribution in [-0.2, 0) is 16.1 Å². The van der Waals surface area contributed by atoms with Crippen LogP contribution in [-0.4, -0.2) is 29.7 Å². The van der Waals surface area contributed by atoms with E-state index in [0.717, 1.165) is 56.7 Å². The van der Waals surface area contributed by atoms with Crippen molar-refractivity contribution in [3.05, 3.63) is 79.7 Å². The lowest BCUT2D eigenvalue weighted by Gasteiger charge is -2.49. The summed E-state index contributed by atoms with van der Waals surface area (Å²) in [5.41, 5.74) is 5.49. The molecule has 0 unspecified atom stereocenters. The fourth-order valence-corrected chi connectivity index (χ4v) is 7.48. The number of Topliss-reactive ketones (excluding diaryl/α,β-unsaturated/α-hetero) is 2. The van der Waals surface area contributed by atoms with E-state index >= 15 is 0 Å². The zero-order valence-electron chi connectivity index (χ0n) is 25.2. The van der Waals surface area contributed by atoms with E-state index in [1.807, 2.05) is 19.1 Å². The zero-order valence-corrected chi connectivity index (χ0v) is 27.4. The monoisotopic (exact) mass is 667 g/mol. The molecular weight excluding hydrogens is 625 g/mol. The van der Waals surface area contributed by atoms with Crippen LogP contribution in [0.2, 0.25) is 0 Å². The van der Waals surface area contributed by atoms with Crippen molar-refractivity contribution in [2.45, 2.75) is 86.1 Å². The molecule has 0 bridgehead atoms. The van der Waals surface area contributed by atoms with Crippen LogP contribution in [0.5, 0.6) is 11.5 Å². The van der Waals surface area contributed by atoms with Gasteiger partial charge in [0, 0.05) is 47.8 Å². The smallest absolute Gasteiger partial charge is 0.174 e. The molecule has 0 saturated carbocycles. The Morgan fingerprint density at radius 1 is 0.854 bits per heavy atom. The second-order valence-corrected chi connectivity index (χ2v) is 14.4. The van der Waals surface area contributed by atoms with Crippen molar-refractivity contribution >= 4 is 34.2 Å². The predicted octanol–water partition coefficient (Wildman–Crippen LogP) is 8.36. The first-order valence-electron chi connectivity index (χ1n) is 14.9. The van der Waals surface area contributed by atoms with E-state index in [4.69, 9.17) is 9.47 Å². The first-order valence-corrected chi connectivity index (χ1v) is 16.0. The highest BCUT2D eigenvalue weighted by Gasteiger charge is 2.49. The first kappa shape index (κ1) is 29.9. The van der Waals surface area contributed by atoms with Crippen LogP contribution in [0.25, 0.3) is 0 Å². The average Bonchev–Trinajstić information content (AvgIpc) is 2.88. The van der Waals surface area contributed by atoms with Crippen molar-refractivity contribution in [2.75, 3.05) is 13.2 Å². The highest BCUT2D eigenvalue weighted by molar-refractivity contribution is 14.1. The summed E-state index contributed by atoms with van der Waals surface area (Å²) in [6.07, 6.45) is 3.41. The molecule has 0 fully saturated rings. The number of nitrogens with zero attached hydrogens (tertiary/aromatic N) is 1. The lowest BCUT2D eigenvalue weighted by molar-refractivity contribution is -0.119. The Morgan fingerprint density at radius 3 is 1.98 bits per heavy atom. The van der Waals surface area contributed by atoms with Gasteiger partial charge in [0.25, 0.3) is 0 Å². The quantitative estimate of drug-likeness (QED) is 0.265. The molecule has 6 heteroatoms. The Morgan fingerprint density at radius 2 is 1.44 bits per heavy atom. The number of allylic oxidation sites excluding steroid dienone is 4. The molecule has 0 amide bonds. The molecule has 2 aromatic carbocycles. The molecule has 0 spiro atoms. The van der Waals surface area contributed by atoms with Crippen LogP contribution >= 0.6 is 22.6 Å². The molecule has 5 rings (SSSR count). The summed E-state index contributed by atoms with van der Waals surface area (Å²) in [5.74, 6) is 1.28. The summed E-state index contributed by atoms with van der Waals surface area (Å²) < 4.78 is 13.1. The largest absolute Gasteiger partial charge is 0.490 e. The molecule has 5 nitrogen and oxygen atoms in total. The van der Waals surface area contributed by atoms with E-state index in [0.29, 0.717) is 38.3 Å². The van der Waals surface area contributed by atoms with Gasteiger partial charge in [-0.25, -0.2) is 0 Å². The van der Waals surface area contributed by atoms with Crippen LogP contribution in [0.4, 0.5) is 0 Å². The van der Waals surface area contributed by atoms with Crippen LogP contribution in [0.3, 0.4) is 0 Å². The lowest BCUT2D eigenvalue weighted by Crippen LogP contribution is -2.44. The molecule has 0 radical (unpaired) electrons. The summed E-state index contributed by atoms with van der Waals surface area (Å²) >= 11 is 2.31. The fourth-order valence-electron chi connectivity index (χ4n) is 6.70. The second-order valence-electron chi connectivity index (χ2n) is 13.2. The Balaban J connectivity index is 1.76. The number of benzene rings is 2. The predicted molar refractivity (Wildman–Crippen MR) is 171 cm³/mol. The zero-order chi connectivity index (χ0) is 29.5. The minimum Gasteiger partial charge on any atom is -0.490 e. The number of halogens is 1. The molecule has 1 heterocycles. The Labute approximate surface area is 258 Å².